The molecule has 1 aromatic carbocycles. The monoisotopic (exact) mass is 434 g/mol. The molecule has 9 heteroatoms. The van der Waals surface area contributed by atoms with Crippen LogP contribution in [-0.2, 0) is 4.79 Å². The minimum atomic E-state index is -0.359. The van der Waals surface area contributed by atoms with Crippen molar-refractivity contribution in [1.82, 2.24) is 9.97 Å². The van der Waals surface area contributed by atoms with Gasteiger partial charge in [-0.25, -0.2) is 4.98 Å². The van der Waals surface area contributed by atoms with Crippen molar-refractivity contribution < 1.29 is 19.0 Å². The predicted molar refractivity (Wildman–Crippen MR) is 116 cm³/mol. The summed E-state index contributed by atoms with van der Waals surface area (Å²) in [6, 6.07) is 4.91. The average Bonchev–Trinajstić information content (AvgIpc) is 3.02. The number of nitrogens with one attached hydrogen (secondary N) is 1. The molecule has 1 N–H and O–H groups in total. The molecule has 1 fully saturated rings. The normalized spacial score (nSPS) is 14.1. The number of carbonyl (C=O) groups is 1. The molecular weight excluding hydrogens is 408 g/mol. The van der Waals surface area contributed by atoms with Crippen LogP contribution in [0.1, 0.15) is 31.4 Å². The topological polar surface area (TPSA) is 85.8 Å². The highest BCUT2D eigenvalue weighted by atomic mass is 35.5. The summed E-state index contributed by atoms with van der Waals surface area (Å²) in [6.07, 6.45) is 4.71. The molecule has 0 bridgehead atoms. The van der Waals surface area contributed by atoms with Crippen molar-refractivity contribution in [2.45, 2.75) is 32.6 Å². The molecule has 8 nitrogen and oxygen atoms in total. The van der Waals surface area contributed by atoms with E-state index in [4.69, 9.17) is 25.8 Å². The largest absolute Gasteiger partial charge is 0.495 e. The summed E-state index contributed by atoms with van der Waals surface area (Å²) < 4.78 is 16.1. The van der Waals surface area contributed by atoms with Gasteiger partial charge in [-0.15, -0.1) is 0 Å². The van der Waals surface area contributed by atoms with Crippen molar-refractivity contribution in [3.05, 3.63) is 28.9 Å². The van der Waals surface area contributed by atoms with Crippen molar-refractivity contribution in [3.8, 4) is 17.4 Å². The molecule has 0 saturated carbocycles. The van der Waals surface area contributed by atoms with E-state index in [1.54, 1.807) is 18.2 Å². The van der Waals surface area contributed by atoms with Crippen LogP contribution < -0.4 is 24.4 Å². The first-order valence-electron chi connectivity index (χ1n) is 9.95. The van der Waals surface area contributed by atoms with Gasteiger partial charge < -0.3 is 24.4 Å². The van der Waals surface area contributed by atoms with E-state index >= 15 is 0 Å². The first kappa shape index (κ1) is 22.0. The fraction of sp³-hybridized carbons (Fsp3) is 0.476. The molecule has 0 spiro atoms. The van der Waals surface area contributed by atoms with Gasteiger partial charge in [0, 0.05) is 30.9 Å². The Morgan fingerprint density at radius 3 is 2.43 bits per heavy atom. The molecule has 1 aromatic heterocycles. The number of hydrogen-bond acceptors (Lipinski definition) is 7. The molecule has 2 heterocycles. The number of aromatic nitrogens is 2. The van der Waals surface area contributed by atoms with E-state index in [9.17, 15) is 4.79 Å². The maximum atomic E-state index is 12.4. The smallest absolute Gasteiger partial charge is 0.262 e. The van der Waals surface area contributed by atoms with E-state index in [0.717, 1.165) is 31.6 Å². The second-order valence-corrected chi connectivity index (χ2v) is 7.48. The number of aryl methyl sites for hydroxylation is 1. The van der Waals surface area contributed by atoms with Crippen molar-refractivity contribution in [3.63, 3.8) is 0 Å². The Morgan fingerprint density at radius 2 is 1.77 bits per heavy atom. The second-order valence-electron chi connectivity index (χ2n) is 7.07. The van der Waals surface area contributed by atoms with Crippen molar-refractivity contribution in [1.29, 1.82) is 0 Å². The third kappa shape index (κ3) is 5.66. The van der Waals surface area contributed by atoms with Crippen LogP contribution in [0, 0.1) is 6.92 Å². The van der Waals surface area contributed by atoms with E-state index in [1.165, 1.54) is 27.1 Å². The SMILES string of the molecule is COc1cc(OC)c(NC(=O)COc2cc(C)nc(N3CCCCCC3)n2)cc1Cl. The average molecular weight is 435 g/mol. The van der Waals surface area contributed by atoms with Crippen LogP contribution in [0.4, 0.5) is 11.6 Å². The van der Waals surface area contributed by atoms with Gasteiger partial charge in [0.2, 0.25) is 11.8 Å². The van der Waals surface area contributed by atoms with Gasteiger partial charge in [-0.2, -0.15) is 4.98 Å². The van der Waals surface area contributed by atoms with Gasteiger partial charge in [-0.3, -0.25) is 4.79 Å². The molecular formula is C21H27ClN4O4. The highest BCUT2D eigenvalue weighted by Gasteiger charge is 2.16. The molecule has 1 aliphatic rings. The number of ether oxygens (including phenoxy) is 3. The third-order valence-corrected chi connectivity index (χ3v) is 5.10. The zero-order valence-electron chi connectivity index (χ0n) is 17.5. The van der Waals surface area contributed by atoms with E-state index in [1.807, 2.05) is 6.92 Å². The maximum absolute atomic E-state index is 12.4. The molecule has 162 valence electrons. The lowest BCUT2D eigenvalue weighted by Crippen LogP contribution is -2.26. The van der Waals surface area contributed by atoms with Crippen LogP contribution in [0.2, 0.25) is 5.02 Å². The lowest BCUT2D eigenvalue weighted by atomic mass is 10.2. The molecule has 0 unspecified atom stereocenters. The molecule has 2 aromatic rings. The third-order valence-electron chi connectivity index (χ3n) is 4.81. The first-order chi connectivity index (χ1) is 14.5. The Morgan fingerprint density at radius 1 is 1.07 bits per heavy atom. The zero-order chi connectivity index (χ0) is 21.5. The maximum Gasteiger partial charge on any atom is 0.262 e. The number of halogens is 1. The molecule has 1 amide bonds. The number of nitrogens with zero attached hydrogens (tertiary/aromatic N) is 3. The van der Waals surface area contributed by atoms with Crippen LogP contribution in [0.15, 0.2) is 18.2 Å². The Hall–Kier alpha value is -2.74. The number of rotatable bonds is 7. The molecule has 1 aliphatic heterocycles. The van der Waals surface area contributed by atoms with Crippen LogP contribution in [0.3, 0.4) is 0 Å². The molecule has 0 radical (unpaired) electrons. The number of carbonyl (C=O) groups excluding carboxylic acids is 1. The summed E-state index contributed by atoms with van der Waals surface area (Å²) in [4.78, 5) is 23.6. The summed E-state index contributed by atoms with van der Waals surface area (Å²) in [5.74, 6) is 1.56. The Bertz CT molecular complexity index is 886. The van der Waals surface area contributed by atoms with E-state index in [0.29, 0.717) is 34.0 Å². The highest BCUT2D eigenvalue weighted by molar-refractivity contribution is 6.32. The van der Waals surface area contributed by atoms with Crippen molar-refractivity contribution in [2.75, 3.05) is 44.1 Å². The Balaban J connectivity index is 1.65. The zero-order valence-corrected chi connectivity index (χ0v) is 18.3. The number of methoxy groups -OCH3 is 2. The van der Waals surface area contributed by atoms with Gasteiger partial charge in [-0.1, -0.05) is 24.4 Å². The van der Waals surface area contributed by atoms with Gasteiger partial charge in [0.1, 0.15) is 11.5 Å². The summed E-state index contributed by atoms with van der Waals surface area (Å²) in [5.41, 5.74) is 1.23. The Labute approximate surface area is 181 Å². The van der Waals surface area contributed by atoms with Crippen LogP contribution >= 0.6 is 11.6 Å². The highest BCUT2D eigenvalue weighted by Crippen LogP contribution is 2.35. The molecule has 0 aliphatic carbocycles. The minimum absolute atomic E-state index is 0.206. The van der Waals surface area contributed by atoms with E-state index in [-0.39, 0.29) is 12.5 Å². The van der Waals surface area contributed by atoms with Crippen molar-refractivity contribution >= 4 is 29.1 Å². The van der Waals surface area contributed by atoms with Gasteiger partial charge in [0.05, 0.1) is 24.9 Å². The number of amides is 1. The molecule has 0 atom stereocenters. The molecule has 1 saturated heterocycles. The van der Waals surface area contributed by atoms with Gasteiger partial charge in [-0.05, 0) is 25.8 Å². The summed E-state index contributed by atoms with van der Waals surface area (Å²) >= 11 is 6.15. The quantitative estimate of drug-likeness (QED) is 0.708. The number of benzene rings is 1. The summed E-state index contributed by atoms with van der Waals surface area (Å²) in [7, 11) is 3.01. The standard InChI is InChI=1S/C21H27ClN4O4/c1-14-10-20(25-21(23-14)26-8-6-4-5-7-9-26)30-13-19(27)24-16-11-15(22)17(28-2)12-18(16)29-3/h10-12H,4-9,13H2,1-3H3,(H,24,27). The first-order valence-corrected chi connectivity index (χ1v) is 10.3. The van der Waals surface area contributed by atoms with Crippen LogP contribution in [0.25, 0.3) is 0 Å². The van der Waals surface area contributed by atoms with Gasteiger partial charge in [0.25, 0.3) is 5.91 Å². The number of anilines is 2. The Kier molecular flexibility index (Phi) is 7.57. The lowest BCUT2D eigenvalue weighted by Gasteiger charge is -2.21. The molecule has 30 heavy (non-hydrogen) atoms. The predicted octanol–water partition coefficient (Wildman–Crippen LogP) is 3.85. The van der Waals surface area contributed by atoms with Crippen LogP contribution in [-0.4, -0.2) is 49.8 Å². The van der Waals surface area contributed by atoms with E-state index < -0.39 is 0 Å². The number of hydrogen-bond donors (Lipinski definition) is 1. The fourth-order valence-corrected chi connectivity index (χ4v) is 3.53. The minimum Gasteiger partial charge on any atom is -0.495 e. The van der Waals surface area contributed by atoms with Crippen LogP contribution in [0.5, 0.6) is 17.4 Å². The van der Waals surface area contributed by atoms with E-state index in [2.05, 4.69) is 20.2 Å². The summed E-state index contributed by atoms with van der Waals surface area (Å²) in [5, 5.41) is 3.11. The van der Waals surface area contributed by atoms with Gasteiger partial charge >= 0.3 is 0 Å². The summed E-state index contributed by atoms with van der Waals surface area (Å²) in [6.45, 7) is 3.55. The van der Waals surface area contributed by atoms with Gasteiger partial charge in [0.15, 0.2) is 6.61 Å². The fourth-order valence-electron chi connectivity index (χ4n) is 3.29. The second kappa shape index (κ2) is 10.3. The molecule has 3 rings (SSSR count). The lowest BCUT2D eigenvalue weighted by molar-refractivity contribution is -0.118. The van der Waals surface area contributed by atoms with Crippen molar-refractivity contribution in [2.24, 2.45) is 0 Å².